The Labute approximate surface area is 307 Å². The van der Waals surface area contributed by atoms with Crippen LogP contribution in [0.15, 0.2) is 72.8 Å². The molecule has 5 aromatic carbocycles. The zero-order chi connectivity index (χ0) is 34.9. The van der Waals surface area contributed by atoms with Gasteiger partial charge in [0.15, 0.2) is 0 Å². The highest BCUT2D eigenvalue weighted by Crippen LogP contribution is 2.59. The highest BCUT2D eigenvalue weighted by molar-refractivity contribution is 6.04. The summed E-state index contributed by atoms with van der Waals surface area (Å²) in [5.41, 5.74) is 24.5. The molecule has 4 aliphatic carbocycles. The molecule has 2 nitrogen and oxygen atoms in total. The van der Waals surface area contributed by atoms with Crippen molar-refractivity contribution in [3.63, 3.8) is 0 Å². The van der Waals surface area contributed by atoms with Gasteiger partial charge in [-0.3, -0.25) is 8.97 Å². The molecule has 7 aromatic rings. The molecule has 5 aliphatic rings. The van der Waals surface area contributed by atoms with Gasteiger partial charge in [0.1, 0.15) is 5.65 Å². The van der Waals surface area contributed by atoms with Crippen molar-refractivity contribution in [3.05, 3.63) is 142 Å². The predicted octanol–water partition coefficient (Wildman–Crippen LogP) is 12.8. The van der Waals surface area contributed by atoms with Gasteiger partial charge in [0.2, 0.25) is 0 Å². The van der Waals surface area contributed by atoms with E-state index < -0.39 is 0 Å². The third-order valence-electron chi connectivity index (χ3n) is 14.6. The normalized spacial score (nSPS) is 23.2. The molecule has 52 heavy (non-hydrogen) atoms. The van der Waals surface area contributed by atoms with Crippen LogP contribution in [-0.4, -0.2) is 8.97 Å². The molecule has 0 saturated heterocycles. The molecule has 2 fully saturated rings. The minimum atomic E-state index is -0.179. The summed E-state index contributed by atoms with van der Waals surface area (Å²) >= 11 is 0. The minimum absolute atomic E-state index is 0.179. The summed E-state index contributed by atoms with van der Waals surface area (Å²) < 4.78 is 5.29. The Morgan fingerprint density at radius 2 is 1.52 bits per heavy atom. The van der Waals surface area contributed by atoms with Gasteiger partial charge < -0.3 is 0 Å². The van der Waals surface area contributed by atoms with Crippen molar-refractivity contribution in [2.45, 2.75) is 90.4 Å². The van der Waals surface area contributed by atoms with E-state index in [4.69, 9.17) is 6.92 Å². The molecule has 0 spiro atoms. The van der Waals surface area contributed by atoms with Crippen molar-refractivity contribution < 1.29 is 0 Å². The number of benzene rings is 5. The van der Waals surface area contributed by atoms with Crippen LogP contribution < -0.4 is 0 Å². The quantitative estimate of drug-likeness (QED) is 0.164. The minimum Gasteiger partial charge on any atom is -0.296 e. The van der Waals surface area contributed by atoms with Gasteiger partial charge in [-0.25, -0.2) is 0 Å². The van der Waals surface area contributed by atoms with Crippen molar-refractivity contribution in [2.24, 2.45) is 11.8 Å². The number of fused-ring (bicyclic) bond motifs is 17. The number of rotatable bonds is 1. The van der Waals surface area contributed by atoms with Gasteiger partial charge in [-0.2, -0.15) is 0 Å². The maximum atomic E-state index is 4.83. The number of aromatic nitrogens is 2. The zero-order valence-corrected chi connectivity index (χ0v) is 31.2. The number of hydrogen-bond donors (Lipinski definition) is 0. The lowest BCUT2D eigenvalue weighted by atomic mass is 9.79. The van der Waals surface area contributed by atoms with Gasteiger partial charge in [0.25, 0.3) is 0 Å². The fourth-order valence-corrected chi connectivity index (χ4v) is 12.7. The number of hydrogen-bond acceptors (Lipinski definition) is 0. The van der Waals surface area contributed by atoms with Gasteiger partial charge in [0, 0.05) is 28.7 Å². The number of nitrogens with zero attached hydrogens (tertiary/aromatic N) is 2. The number of aryl methyl sites for hydroxylation is 3. The van der Waals surface area contributed by atoms with E-state index in [1.165, 1.54) is 139 Å². The van der Waals surface area contributed by atoms with Gasteiger partial charge in [-0.05, 0) is 161 Å². The predicted molar refractivity (Wildman–Crippen MR) is 216 cm³/mol. The second-order valence-corrected chi connectivity index (χ2v) is 18.0. The molecular weight excluding hydrogens is 629 g/mol. The van der Waals surface area contributed by atoms with E-state index >= 15 is 0 Å². The molecular formula is C50H46N2. The van der Waals surface area contributed by atoms with Crippen LogP contribution >= 0.6 is 0 Å². The first-order valence-corrected chi connectivity index (χ1v) is 19.9. The third-order valence-corrected chi connectivity index (χ3v) is 14.6. The largest absolute Gasteiger partial charge is 0.296 e. The van der Waals surface area contributed by atoms with Gasteiger partial charge in [-0.1, -0.05) is 87.4 Å². The van der Waals surface area contributed by atoms with Crippen molar-refractivity contribution in [2.75, 3.05) is 0 Å². The summed E-state index contributed by atoms with van der Waals surface area (Å²) in [6, 6.07) is 28.6. The molecule has 3 heterocycles. The lowest BCUT2D eigenvalue weighted by molar-refractivity contribution is 0.357. The third kappa shape index (κ3) is 3.62. The first-order chi connectivity index (χ1) is 25.2. The van der Waals surface area contributed by atoms with Crippen LogP contribution in [0.2, 0.25) is 0 Å². The average Bonchev–Trinajstić information content (AvgIpc) is 3.78. The topological polar surface area (TPSA) is 9.34 Å². The first-order valence-electron chi connectivity index (χ1n) is 19.9. The summed E-state index contributed by atoms with van der Waals surface area (Å²) in [5, 5.41) is 2.69. The van der Waals surface area contributed by atoms with E-state index in [0.717, 1.165) is 17.8 Å². The second kappa shape index (κ2) is 9.90. The molecule has 0 amide bonds. The molecule has 2 saturated carbocycles. The lowest BCUT2D eigenvalue weighted by Gasteiger charge is -2.27. The molecule has 1 aliphatic heterocycles. The van der Waals surface area contributed by atoms with Crippen LogP contribution in [0.3, 0.4) is 0 Å². The zero-order valence-electron chi connectivity index (χ0n) is 31.2. The molecule has 3 bridgehead atoms. The molecule has 4 unspecified atom stereocenters. The van der Waals surface area contributed by atoms with Crippen LogP contribution in [0.4, 0.5) is 0 Å². The van der Waals surface area contributed by atoms with E-state index in [0.29, 0.717) is 5.92 Å². The van der Waals surface area contributed by atoms with E-state index in [9.17, 15) is 0 Å². The van der Waals surface area contributed by atoms with Gasteiger partial charge in [-0.15, -0.1) is 0 Å². The van der Waals surface area contributed by atoms with Crippen LogP contribution in [0.5, 0.6) is 0 Å². The number of imidazole rings is 1. The van der Waals surface area contributed by atoms with Crippen LogP contribution in [0.1, 0.15) is 120 Å². The molecule has 2 heteroatoms. The SMILES string of the molecule is [CH2]c1cc2c(cc1-c1cc(C)cc3c1[CH]c1c4c(n5c6cc(C)cc(C)c6n-3c15)C(C)(C)c1c-4ccc3ccccc13)C1CCCC3CC2CC3C1. The van der Waals surface area contributed by atoms with Gasteiger partial charge in [0.05, 0.1) is 16.7 Å². The lowest BCUT2D eigenvalue weighted by Crippen LogP contribution is -2.18. The van der Waals surface area contributed by atoms with Crippen molar-refractivity contribution >= 4 is 27.5 Å². The Hall–Kier alpha value is -4.56. The van der Waals surface area contributed by atoms with Crippen LogP contribution in [0.25, 0.3) is 55.4 Å². The maximum Gasteiger partial charge on any atom is 0.127 e. The van der Waals surface area contributed by atoms with E-state index in [2.05, 4.69) is 123 Å². The fraction of sp³-hybridized carbons (Fsp3) is 0.320. The summed E-state index contributed by atoms with van der Waals surface area (Å²) in [6.45, 7) is 16.6. The molecule has 12 rings (SSSR count). The van der Waals surface area contributed by atoms with Crippen LogP contribution in [0, 0.1) is 46.0 Å². The van der Waals surface area contributed by atoms with E-state index in [1.54, 1.807) is 11.1 Å². The first kappa shape index (κ1) is 30.0. The summed E-state index contributed by atoms with van der Waals surface area (Å²) in [7, 11) is 0. The van der Waals surface area contributed by atoms with Crippen LogP contribution in [-0.2, 0) is 5.41 Å². The Morgan fingerprint density at radius 3 is 2.40 bits per heavy atom. The molecule has 256 valence electrons. The molecule has 2 radical (unpaired) electrons. The summed E-state index contributed by atoms with van der Waals surface area (Å²) in [5.74, 6) is 3.27. The highest BCUT2D eigenvalue weighted by atomic mass is 15.2. The van der Waals surface area contributed by atoms with Crippen molar-refractivity contribution in [1.82, 2.24) is 8.97 Å². The molecule has 4 atom stereocenters. The monoisotopic (exact) mass is 674 g/mol. The second-order valence-electron chi connectivity index (χ2n) is 18.0. The Balaban J connectivity index is 1.17. The standard InChI is InChI=1S/C50H46N2/c1-26-16-29(4)47-44(19-26)52-48-45(36-15-14-30-10-7-8-13-35(30)46(36)50(48,5)6)42-25-41-40(17-27(2)18-43(41)51(47)49(42)52)37-24-39-32-12-9-11-31-21-34(23-33(31)22-32)38(39)20-28(37)3/h7-8,10,13-20,24-25,31-34H,3,9,11-12,21-23H2,1-2,4-6H3. The Bertz CT molecular complexity index is 2760. The van der Waals surface area contributed by atoms with Gasteiger partial charge >= 0.3 is 0 Å². The Morgan fingerprint density at radius 1 is 0.731 bits per heavy atom. The fourth-order valence-electron chi connectivity index (χ4n) is 12.7. The average molecular weight is 675 g/mol. The van der Waals surface area contributed by atoms with E-state index in [1.807, 2.05) is 0 Å². The highest BCUT2D eigenvalue weighted by Gasteiger charge is 2.46. The summed E-state index contributed by atoms with van der Waals surface area (Å²) in [4.78, 5) is 0. The molecule has 0 N–H and O–H groups in total. The maximum absolute atomic E-state index is 4.83. The summed E-state index contributed by atoms with van der Waals surface area (Å²) in [6.07, 6.45) is 10.9. The molecule has 2 aromatic heterocycles. The smallest absolute Gasteiger partial charge is 0.127 e. The Kier molecular flexibility index (Phi) is 5.70. The van der Waals surface area contributed by atoms with Crippen molar-refractivity contribution in [3.8, 4) is 27.9 Å². The van der Waals surface area contributed by atoms with Crippen molar-refractivity contribution in [1.29, 1.82) is 0 Å². The van der Waals surface area contributed by atoms with E-state index in [-0.39, 0.29) is 5.41 Å².